The largest absolute Gasteiger partial charge is 0.449 e. The van der Waals surface area contributed by atoms with Crippen LogP contribution in [-0.2, 0) is 5.41 Å². The van der Waals surface area contributed by atoms with Crippen molar-refractivity contribution >= 4 is 32.3 Å². The Morgan fingerprint density at radius 1 is 0.339 bits per heavy atom. The maximum absolute atomic E-state index is 6.75. The lowest BCUT2D eigenvalue weighted by Crippen LogP contribution is -2.15. The van der Waals surface area contributed by atoms with E-state index in [2.05, 4.69) is 147 Å². The quantitative estimate of drug-likeness (QED) is 0.167. The second kappa shape index (κ2) is 12.7. The molecular formula is C54H35N3O2. The molecule has 59 heavy (non-hydrogen) atoms. The Kier molecular flexibility index (Phi) is 7.20. The van der Waals surface area contributed by atoms with E-state index in [4.69, 9.17) is 24.4 Å². The Hall–Kier alpha value is -7.63. The summed E-state index contributed by atoms with van der Waals surface area (Å²) in [5.74, 6) is 4.69. The Morgan fingerprint density at radius 3 is 1.58 bits per heavy atom. The number of para-hydroxylation sites is 1. The first-order valence-electron chi connectivity index (χ1n) is 20.0. The molecule has 0 amide bonds. The summed E-state index contributed by atoms with van der Waals surface area (Å²) in [6.45, 7) is 4.55. The third-order valence-electron chi connectivity index (χ3n) is 12.2. The van der Waals surface area contributed by atoms with Crippen LogP contribution in [0.15, 0.2) is 176 Å². The Balaban J connectivity index is 0.933. The van der Waals surface area contributed by atoms with Crippen LogP contribution in [0.5, 0.6) is 23.0 Å². The van der Waals surface area contributed by atoms with Crippen molar-refractivity contribution in [2.45, 2.75) is 19.3 Å². The second-order valence-electron chi connectivity index (χ2n) is 16.0. The van der Waals surface area contributed by atoms with E-state index in [1.165, 1.54) is 54.6 Å². The van der Waals surface area contributed by atoms with Crippen LogP contribution < -0.4 is 9.47 Å². The molecule has 5 nitrogen and oxygen atoms in total. The fourth-order valence-corrected chi connectivity index (χ4v) is 9.22. The van der Waals surface area contributed by atoms with Gasteiger partial charge in [-0.2, -0.15) is 0 Å². The van der Waals surface area contributed by atoms with Gasteiger partial charge in [0.1, 0.15) is 0 Å². The molecule has 1 aliphatic heterocycles. The van der Waals surface area contributed by atoms with Crippen molar-refractivity contribution in [1.29, 1.82) is 0 Å². The first-order valence-corrected chi connectivity index (χ1v) is 20.0. The van der Waals surface area contributed by atoms with Gasteiger partial charge in [-0.1, -0.05) is 166 Å². The summed E-state index contributed by atoms with van der Waals surface area (Å²) in [6.07, 6.45) is 0. The molecule has 9 aromatic carbocycles. The zero-order valence-electron chi connectivity index (χ0n) is 32.4. The Labute approximate surface area is 341 Å². The van der Waals surface area contributed by atoms with Crippen LogP contribution in [0.1, 0.15) is 25.0 Å². The molecule has 1 aliphatic carbocycles. The van der Waals surface area contributed by atoms with E-state index in [0.717, 1.165) is 39.3 Å². The van der Waals surface area contributed by atoms with Crippen molar-refractivity contribution in [3.63, 3.8) is 0 Å². The van der Waals surface area contributed by atoms with Crippen LogP contribution in [0.2, 0.25) is 0 Å². The number of fused-ring (bicyclic) bond motifs is 11. The lowest BCUT2D eigenvalue weighted by Gasteiger charge is -2.26. The maximum Gasteiger partial charge on any atom is 0.177 e. The third-order valence-corrected chi connectivity index (χ3v) is 12.2. The van der Waals surface area contributed by atoms with Crippen molar-refractivity contribution in [3.8, 4) is 79.4 Å². The molecule has 0 radical (unpaired) electrons. The summed E-state index contributed by atoms with van der Waals surface area (Å²) in [5, 5.41) is 7.29. The van der Waals surface area contributed by atoms with E-state index in [1.54, 1.807) is 0 Å². The van der Waals surface area contributed by atoms with Gasteiger partial charge in [0.25, 0.3) is 0 Å². The van der Waals surface area contributed by atoms with Crippen LogP contribution >= 0.6 is 0 Å². The number of aromatic nitrogens is 3. The molecule has 5 heteroatoms. The van der Waals surface area contributed by atoms with Gasteiger partial charge in [0.15, 0.2) is 40.5 Å². The highest BCUT2D eigenvalue weighted by Gasteiger charge is 2.37. The molecule has 0 saturated heterocycles. The van der Waals surface area contributed by atoms with Crippen LogP contribution in [0.3, 0.4) is 0 Å². The first-order chi connectivity index (χ1) is 29.0. The lowest BCUT2D eigenvalue weighted by atomic mass is 9.82. The number of rotatable bonds is 4. The molecule has 0 saturated carbocycles. The molecule has 0 fully saturated rings. The molecular weight excluding hydrogens is 723 g/mol. The van der Waals surface area contributed by atoms with Crippen LogP contribution in [0, 0.1) is 0 Å². The lowest BCUT2D eigenvalue weighted by molar-refractivity contribution is 0.360. The molecule has 0 spiro atoms. The van der Waals surface area contributed by atoms with Crippen molar-refractivity contribution in [2.75, 3.05) is 0 Å². The Bertz CT molecular complexity index is 3320. The van der Waals surface area contributed by atoms with E-state index in [1.807, 2.05) is 42.5 Å². The van der Waals surface area contributed by atoms with Crippen molar-refractivity contribution in [1.82, 2.24) is 15.0 Å². The van der Waals surface area contributed by atoms with Gasteiger partial charge in [-0.05, 0) is 84.4 Å². The monoisotopic (exact) mass is 757 g/mol. The smallest absolute Gasteiger partial charge is 0.177 e. The summed E-state index contributed by atoms with van der Waals surface area (Å²) in [4.78, 5) is 15.2. The number of benzene rings is 9. The van der Waals surface area contributed by atoms with E-state index in [-0.39, 0.29) is 5.41 Å². The van der Waals surface area contributed by atoms with Crippen molar-refractivity contribution in [2.24, 2.45) is 0 Å². The molecule has 0 unspecified atom stereocenters. The van der Waals surface area contributed by atoms with Crippen LogP contribution in [0.4, 0.5) is 0 Å². The number of hydrogen-bond donors (Lipinski definition) is 0. The van der Waals surface area contributed by atoms with Crippen molar-refractivity contribution in [3.05, 3.63) is 187 Å². The van der Waals surface area contributed by atoms with Gasteiger partial charge in [0.2, 0.25) is 0 Å². The number of nitrogens with zero attached hydrogens (tertiary/aromatic N) is 3. The van der Waals surface area contributed by atoms with Gasteiger partial charge in [-0.3, -0.25) is 0 Å². The maximum atomic E-state index is 6.75. The average molecular weight is 758 g/mol. The predicted octanol–water partition coefficient (Wildman–Crippen LogP) is 14.2. The molecule has 2 heterocycles. The van der Waals surface area contributed by atoms with E-state index in [9.17, 15) is 0 Å². The average Bonchev–Trinajstić information content (AvgIpc) is 3.52. The predicted molar refractivity (Wildman–Crippen MR) is 238 cm³/mol. The van der Waals surface area contributed by atoms with Gasteiger partial charge in [-0.15, -0.1) is 0 Å². The highest BCUT2D eigenvalue weighted by molar-refractivity contribution is 6.25. The van der Waals surface area contributed by atoms with E-state index >= 15 is 0 Å². The minimum atomic E-state index is -0.146. The summed E-state index contributed by atoms with van der Waals surface area (Å²) in [6, 6.07) is 61.3. The molecule has 10 aromatic rings. The molecule has 278 valence electrons. The second-order valence-corrected chi connectivity index (χ2v) is 16.0. The molecule has 12 rings (SSSR count). The molecule has 2 aliphatic rings. The molecule has 1 aromatic heterocycles. The summed E-state index contributed by atoms with van der Waals surface area (Å²) in [7, 11) is 0. The van der Waals surface area contributed by atoms with Crippen LogP contribution in [0.25, 0.3) is 88.7 Å². The van der Waals surface area contributed by atoms with Gasteiger partial charge >= 0.3 is 0 Å². The van der Waals surface area contributed by atoms with Gasteiger partial charge in [0.05, 0.1) is 0 Å². The summed E-state index contributed by atoms with van der Waals surface area (Å²) < 4.78 is 13.3. The molecule has 0 N–H and O–H groups in total. The molecule has 0 bridgehead atoms. The minimum absolute atomic E-state index is 0.146. The number of ether oxygens (including phenoxy) is 2. The normalized spacial score (nSPS) is 13.3. The highest BCUT2D eigenvalue weighted by Crippen LogP contribution is 2.56. The standard InChI is InChI=1S/C54H35N3O2/c1-54(2)45-21-11-10-19-42(45)44-30-48-49(31-46(44)54)59-50-36(20-12-22-47(50)58-48)32-23-25-34(26-24-32)52-55-51(33-13-4-3-5-14-33)56-53(57-52)35-27-28-41-39-17-7-6-15-37(39)38-16-8-9-18-40(38)43(41)29-35/h3-31H,1-2H3. The third kappa shape index (κ3) is 5.21. The summed E-state index contributed by atoms with van der Waals surface area (Å²) in [5.41, 5.74) is 9.54. The zero-order valence-corrected chi connectivity index (χ0v) is 32.4. The van der Waals surface area contributed by atoms with E-state index < -0.39 is 0 Å². The van der Waals surface area contributed by atoms with Crippen molar-refractivity contribution < 1.29 is 9.47 Å². The Morgan fingerprint density at radius 2 is 0.864 bits per heavy atom. The SMILES string of the molecule is CC1(C)c2ccccc2-c2cc3c(cc21)Oc1c(cccc1-c1ccc(-c2nc(-c4ccccc4)nc(-c4ccc5c6ccccc6c6ccccc6c5c4)n2)cc1)O3. The summed E-state index contributed by atoms with van der Waals surface area (Å²) >= 11 is 0. The van der Waals surface area contributed by atoms with Gasteiger partial charge in [0, 0.05) is 27.7 Å². The fraction of sp³-hybridized carbons (Fsp3) is 0.0556. The van der Waals surface area contributed by atoms with Gasteiger partial charge in [-0.25, -0.2) is 15.0 Å². The topological polar surface area (TPSA) is 57.1 Å². The highest BCUT2D eigenvalue weighted by atomic mass is 16.6. The fourth-order valence-electron chi connectivity index (χ4n) is 9.22. The first kappa shape index (κ1) is 33.5. The minimum Gasteiger partial charge on any atom is -0.449 e. The van der Waals surface area contributed by atoms with E-state index in [0.29, 0.717) is 29.0 Å². The zero-order chi connectivity index (χ0) is 39.2. The number of hydrogen-bond acceptors (Lipinski definition) is 5. The molecule has 0 atom stereocenters. The van der Waals surface area contributed by atoms with Crippen LogP contribution in [-0.4, -0.2) is 15.0 Å². The van der Waals surface area contributed by atoms with Gasteiger partial charge < -0.3 is 9.47 Å².